The number of likely N-dealkylation sites (tertiary alicyclic amines) is 1. The Bertz CT molecular complexity index is 890. The van der Waals surface area contributed by atoms with E-state index in [0.29, 0.717) is 32.4 Å². The van der Waals surface area contributed by atoms with Crippen LogP contribution in [0, 0.1) is 17.6 Å². The van der Waals surface area contributed by atoms with Gasteiger partial charge in [-0.1, -0.05) is 12.1 Å². The number of amides is 1. The summed E-state index contributed by atoms with van der Waals surface area (Å²) in [4.78, 5) is 25.4. The van der Waals surface area contributed by atoms with Crippen LogP contribution in [0.25, 0.3) is 0 Å². The lowest BCUT2D eigenvalue weighted by Gasteiger charge is -2.32. The van der Waals surface area contributed by atoms with E-state index in [0.717, 1.165) is 6.07 Å². The lowest BCUT2D eigenvalue weighted by molar-refractivity contribution is -0.134. The van der Waals surface area contributed by atoms with Crippen molar-refractivity contribution in [3.63, 3.8) is 0 Å². The topological polar surface area (TPSA) is 75.4 Å². The van der Waals surface area contributed by atoms with Crippen LogP contribution in [0.4, 0.5) is 8.78 Å². The van der Waals surface area contributed by atoms with Gasteiger partial charge in [0.05, 0.1) is 17.8 Å². The summed E-state index contributed by atoms with van der Waals surface area (Å²) in [5, 5.41) is 13.1. The highest BCUT2D eigenvalue weighted by Gasteiger charge is 2.47. The molecule has 1 aromatic carbocycles. The number of hydrogen-bond donors (Lipinski definition) is 1. The maximum absolute atomic E-state index is 13.9. The normalized spacial score (nSPS) is 22.7. The minimum atomic E-state index is -1.02. The average Bonchev–Trinajstić information content (AvgIpc) is 3.29. The predicted octanol–water partition coefficient (Wildman–Crippen LogP) is 2.83. The monoisotopic (exact) mass is 375 g/mol. The van der Waals surface area contributed by atoms with Crippen LogP contribution in [0.2, 0.25) is 0 Å². The predicted molar refractivity (Wildman–Crippen MR) is 91.2 cm³/mol. The van der Waals surface area contributed by atoms with Crippen molar-refractivity contribution in [3.05, 3.63) is 53.4 Å². The van der Waals surface area contributed by atoms with E-state index in [1.165, 1.54) is 18.5 Å². The maximum atomic E-state index is 13.9. The first-order valence-corrected chi connectivity index (χ1v) is 8.96. The molecule has 1 saturated heterocycles. The van der Waals surface area contributed by atoms with Gasteiger partial charge in [-0.25, -0.2) is 13.6 Å². The molecule has 142 valence electrons. The highest BCUT2D eigenvalue weighted by Crippen LogP contribution is 2.49. The summed E-state index contributed by atoms with van der Waals surface area (Å²) in [7, 11) is 0. The van der Waals surface area contributed by atoms with Gasteiger partial charge in [0.1, 0.15) is 0 Å². The van der Waals surface area contributed by atoms with Gasteiger partial charge in [0, 0.05) is 25.2 Å². The Kier molecular flexibility index (Phi) is 4.41. The second kappa shape index (κ2) is 6.75. The summed E-state index contributed by atoms with van der Waals surface area (Å²) < 4.78 is 29.0. The van der Waals surface area contributed by atoms with Crippen molar-refractivity contribution < 1.29 is 23.5 Å². The van der Waals surface area contributed by atoms with Crippen LogP contribution in [0.3, 0.4) is 0 Å². The van der Waals surface area contributed by atoms with Crippen LogP contribution in [0.5, 0.6) is 0 Å². The molecule has 27 heavy (non-hydrogen) atoms. The fourth-order valence-electron chi connectivity index (χ4n) is 3.85. The van der Waals surface area contributed by atoms with E-state index in [-0.39, 0.29) is 34.9 Å². The molecule has 1 aliphatic carbocycles. The zero-order chi connectivity index (χ0) is 19.1. The number of rotatable bonds is 4. The van der Waals surface area contributed by atoms with Crippen molar-refractivity contribution in [3.8, 4) is 0 Å². The summed E-state index contributed by atoms with van der Waals surface area (Å²) in [6.07, 6.45) is 4.73. The number of carboxylic acids is 1. The fourth-order valence-corrected chi connectivity index (χ4v) is 3.85. The van der Waals surface area contributed by atoms with Crippen molar-refractivity contribution in [2.75, 3.05) is 13.1 Å². The van der Waals surface area contributed by atoms with Crippen molar-refractivity contribution >= 4 is 11.9 Å². The Hall–Kier alpha value is -2.77. The molecular formula is C19H19F2N3O3. The molecule has 4 rings (SSSR count). The molecule has 2 aromatic rings. The molecular weight excluding hydrogens is 356 g/mol. The number of nitrogens with zero attached hydrogens (tertiary/aromatic N) is 3. The Morgan fingerprint density at radius 3 is 2.59 bits per heavy atom. The van der Waals surface area contributed by atoms with Gasteiger partial charge in [-0.05, 0) is 36.8 Å². The van der Waals surface area contributed by atoms with Crippen molar-refractivity contribution in [2.45, 2.75) is 31.2 Å². The SMILES string of the molecule is O=C(O)c1cnn(C2CCN(C(=O)C3CC3c3cccc(F)c3F)CC2)c1. The van der Waals surface area contributed by atoms with Gasteiger partial charge in [-0.3, -0.25) is 9.48 Å². The van der Waals surface area contributed by atoms with Gasteiger partial charge in [-0.15, -0.1) is 0 Å². The van der Waals surface area contributed by atoms with Crippen molar-refractivity contribution in [1.29, 1.82) is 0 Å². The highest BCUT2D eigenvalue weighted by molar-refractivity contribution is 5.86. The number of aromatic nitrogens is 2. The maximum Gasteiger partial charge on any atom is 0.338 e. The third-order valence-electron chi connectivity index (χ3n) is 5.49. The molecule has 8 heteroatoms. The van der Waals surface area contributed by atoms with Gasteiger partial charge in [0.2, 0.25) is 5.91 Å². The second-order valence-electron chi connectivity index (χ2n) is 7.16. The average molecular weight is 375 g/mol. The molecule has 0 spiro atoms. The molecule has 0 radical (unpaired) electrons. The van der Waals surface area contributed by atoms with E-state index < -0.39 is 17.6 Å². The zero-order valence-electron chi connectivity index (χ0n) is 14.5. The molecule has 2 fully saturated rings. The van der Waals surface area contributed by atoms with Gasteiger partial charge in [0.15, 0.2) is 11.6 Å². The fraction of sp³-hybridized carbons (Fsp3) is 0.421. The van der Waals surface area contributed by atoms with E-state index in [4.69, 9.17) is 5.11 Å². The molecule has 1 N–H and O–H groups in total. The van der Waals surface area contributed by atoms with Gasteiger partial charge in [0.25, 0.3) is 0 Å². The first-order valence-electron chi connectivity index (χ1n) is 8.96. The molecule has 6 nitrogen and oxygen atoms in total. The zero-order valence-corrected chi connectivity index (χ0v) is 14.5. The first kappa shape index (κ1) is 17.6. The summed E-state index contributed by atoms with van der Waals surface area (Å²) >= 11 is 0. The number of piperidine rings is 1. The van der Waals surface area contributed by atoms with Crippen molar-refractivity contribution in [1.82, 2.24) is 14.7 Å². The Labute approximate surface area is 154 Å². The Morgan fingerprint density at radius 2 is 1.93 bits per heavy atom. The van der Waals surface area contributed by atoms with Gasteiger partial charge < -0.3 is 10.0 Å². The standard InChI is InChI=1S/C19H19F2N3O3/c20-16-3-1-2-13(17(16)21)14-8-15(14)18(25)23-6-4-12(5-7-23)24-10-11(9-22-24)19(26)27/h1-3,9-10,12,14-15H,4-8H2,(H,26,27). The molecule has 2 aliphatic rings. The number of carbonyl (C=O) groups is 2. The van der Waals surface area contributed by atoms with E-state index in [9.17, 15) is 18.4 Å². The van der Waals surface area contributed by atoms with Crippen LogP contribution < -0.4 is 0 Å². The van der Waals surface area contributed by atoms with Gasteiger partial charge in [-0.2, -0.15) is 5.10 Å². The van der Waals surface area contributed by atoms with E-state index >= 15 is 0 Å². The minimum absolute atomic E-state index is 0.0196. The van der Waals surface area contributed by atoms with Crippen LogP contribution in [0.15, 0.2) is 30.6 Å². The molecule has 2 atom stereocenters. The summed E-state index contributed by atoms with van der Waals surface area (Å²) in [6.45, 7) is 1.08. The molecule has 1 saturated carbocycles. The van der Waals surface area contributed by atoms with E-state index in [1.807, 2.05) is 0 Å². The third kappa shape index (κ3) is 3.31. The van der Waals surface area contributed by atoms with E-state index in [1.54, 1.807) is 15.6 Å². The number of halogens is 2. The number of carbonyl (C=O) groups excluding carboxylic acids is 1. The van der Waals surface area contributed by atoms with Crippen LogP contribution >= 0.6 is 0 Å². The largest absolute Gasteiger partial charge is 0.478 e. The Balaban J connectivity index is 1.35. The number of aromatic carboxylic acids is 1. The number of carboxylic acid groups (broad SMARTS) is 1. The number of benzene rings is 1. The minimum Gasteiger partial charge on any atom is -0.478 e. The first-order chi connectivity index (χ1) is 13.0. The molecule has 2 heterocycles. The lowest BCUT2D eigenvalue weighted by atomic mass is 10.0. The van der Waals surface area contributed by atoms with Crippen LogP contribution in [-0.2, 0) is 4.79 Å². The molecule has 1 aliphatic heterocycles. The summed E-state index contributed by atoms with van der Waals surface area (Å²) in [5.74, 6) is -3.32. The molecule has 2 unspecified atom stereocenters. The summed E-state index contributed by atoms with van der Waals surface area (Å²) in [6, 6.07) is 4.14. The van der Waals surface area contributed by atoms with Crippen LogP contribution in [-0.4, -0.2) is 44.8 Å². The smallest absolute Gasteiger partial charge is 0.338 e. The quantitative estimate of drug-likeness (QED) is 0.892. The van der Waals surface area contributed by atoms with Gasteiger partial charge >= 0.3 is 5.97 Å². The summed E-state index contributed by atoms with van der Waals surface area (Å²) in [5.41, 5.74) is 0.424. The Morgan fingerprint density at radius 1 is 1.19 bits per heavy atom. The second-order valence-corrected chi connectivity index (χ2v) is 7.16. The lowest BCUT2D eigenvalue weighted by Crippen LogP contribution is -2.40. The third-order valence-corrected chi connectivity index (χ3v) is 5.49. The molecule has 0 bridgehead atoms. The van der Waals surface area contributed by atoms with Crippen LogP contribution in [0.1, 0.15) is 47.1 Å². The van der Waals surface area contributed by atoms with E-state index in [2.05, 4.69) is 5.10 Å². The molecule has 1 amide bonds. The highest BCUT2D eigenvalue weighted by atomic mass is 19.2. The molecule has 1 aromatic heterocycles. The number of hydrogen-bond acceptors (Lipinski definition) is 3. The van der Waals surface area contributed by atoms with Crippen molar-refractivity contribution in [2.24, 2.45) is 5.92 Å².